The molecule has 1 aliphatic rings. The first-order chi connectivity index (χ1) is 10.4. The molecule has 22 heavy (non-hydrogen) atoms. The number of β-amino-alcohol motifs (C(OH)–C–C–N with tert-alkyl or cyclic N) is 1. The van der Waals surface area contributed by atoms with Crippen molar-refractivity contribution in [3.63, 3.8) is 0 Å². The standard InChI is InChI=1S/C16H22N4O2/c1-11-4-5-13-12(8-11)18-14(19(13)3)9-17-15(21)20-7-6-16(2,22)10-20/h4-5,8,22H,6-7,9-10H2,1-3H3,(H,17,21)/t16-/m0/s1. The molecule has 0 aliphatic carbocycles. The van der Waals surface area contributed by atoms with Gasteiger partial charge in [-0.3, -0.25) is 0 Å². The number of benzene rings is 1. The first kappa shape index (κ1) is 14.8. The minimum Gasteiger partial charge on any atom is -0.388 e. The summed E-state index contributed by atoms with van der Waals surface area (Å²) in [6.45, 7) is 5.13. The van der Waals surface area contributed by atoms with Crippen LogP contribution < -0.4 is 5.32 Å². The number of rotatable bonds is 2. The maximum atomic E-state index is 12.2. The molecule has 2 amide bonds. The maximum absolute atomic E-state index is 12.2. The summed E-state index contributed by atoms with van der Waals surface area (Å²) in [5.74, 6) is 0.819. The molecular weight excluding hydrogens is 280 g/mol. The highest BCUT2D eigenvalue weighted by Gasteiger charge is 2.33. The lowest BCUT2D eigenvalue weighted by Crippen LogP contribution is -2.40. The van der Waals surface area contributed by atoms with E-state index in [0.717, 1.165) is 16.9 Å². The van der Waals surface area contributed by atoms with Crippen molar-refractivity contribution in [1.29, 1.82) is 0 Å². The number of aryl methyl sites for hydroxylation is 2. The third-order valence-corrected chi connectivity index (χ3v) is 4.27. The molecule has 2 N–H and O–H groups in total. The Morgan fingerprint density at radius 3 is 2.95 bits per heavy atom. The first-order valence-corrected chi connectivity index (χ1v) is 7.53. The van der Waals surface area contributed by atoms with Gasteiger partial charge < -0.3 is 19.9 Å². The van der Waals surface area contributed by atoms with Crippen LogP contribution in [-0.4, -0.2) is 44.3 Å². The smallest absolute Gasteiger partial charge is 0.317 e. The van der Waals surface area contributed by atoms with Crippen molar-refractivity contribution in [2.75, 3.05) is 13.1 Å². The number of urea groups is 1. The van der Waals surface area contributed by atoms with Crippen molar-refractivity contribution >= 4 is 17.1 Å². The highest BCUT2D eigenvalue weighted by molar-refractivity contribution is 5.77. The topological polar surface area (TPSA) is 70.4 Å². The third-order valence-electron chi connectivity index (χ3n) is 4.27. The fraction of sp³-hybridized carbons (Fsp3) is 0.500. The molecule has 6 heteroatoms. The number of aromatic nitrogens is 2. The highest BCUT2D eigenvalue weighted by Crippen LogP contribution is 2.20. The van der Waals surface area contributed by atoms with Crippen LogP contribution in [0.4, 0.5) is 4.79 Å². The number of nitrogens with zero attached hydrogens (tertiary/aromatic N) is 3. The summed E-state index contributed by atoms with van der Waals surface area (Å²) < 4.78 is 2.00. The van der Waals surface area contributed by atoms with E-state index in [0.29, 0.717) is 26.1 Å². The average molecular weight is 302 g/mol. The predicted molar refractivity (Wildman–Crippen MR) is 84.5 cm³/mol. The Morgan fingerprint density at radius 1 is 1.50 bits per heavy atom. The van der Waals surface area contributed by atoms with Crippen molar-refractivity contribution < 1.29 is 9.90 Å². The van der Waals surface area contributed by atoms with E-state index < -0.39 is 5.60 Å². The number of amides is 2. The van der Waals surface area contributed by atoms with Gasteiger partial charge in [0.2, 0.25) is 0 Å². The number of aliphatic hydroxyl groups is 1. The molecule has 2 heterocycles. The summed E-state index contributed by atoms with van der Waals surface area (Å²) in [5.41, 5.74) is 2.39. The molecule has 1 aromatic carbocycles. The fourth-order valence-corrected chi connectivity index (χ4v) is 2.90. The minimum absolute atomic E-state index is 0.152. The van der Waals surface area contributed by atoms with E-state index in [1.807, 2.05) is 30.7 Å². The second-order valence-electron chi connectivity index (χ2n) is 6.41. The Kier molecular flexibility index (Phi) is 3.56. The summed E-state index contributed by atoms with van der Waals surface area (Å²) >= 11 is 0. The van der Waals surface area contributed by atoms with Crippen molar-refractivity contribution in [3.8, 4) is 0 Å². The second kappa shape index (κ2) is 5.28. The van der Waals surface area contributed by atoms with Gasteiger partial charge in [0.1, 0.15) is 5.82 Å². The van der Waals surface area contributed by atoms with E-state index in [1.54, 1.807) is 11.8 Å². The van der Waals surface area contributed by atoms with E-state index in [4.69, 9.17) is 0 Å². The van der Waals surface area contributed by atoms with Crippen LogP contribution >= 0.6 is 0 Å². The lowest BCUT2D eigenvalue weighted by molar-refractivity contribution is 0.0719. The van der Waals surface area contributed by atoms with Crippen LogP contribution in [0.15, 0.2) is 18.2 Å². The Balaban J connectivity index is 1.69. The van der Waals surface area contributed by atoms with Gasteiger partial charge in [-0.05, 0) is 38.0 Å². The molecule has 0 radical (unpaired) electrons. The van der Waals surface area contributed by atoms with Gasteiger partial charge in [0.05, 0.1) is 29.7 Å². The zero-order chi connectivity index (χ0) is 15.9. The molecule has 0 unspecified atom stereocenters. The van der Waals surface area contributed by atoms with E-state index >= 15 is 0 Å². The van der Waals surface area contributed by atoms with E-state index in [-0.39, 0.29) is 6.03 Å². The quantitative estimate of drug-likeness (QED) is 0.884. The van der Waals surface area contributed by atoms with Gasteiger partial charge in [-0.1, -0.05) is 6.07 Å². The van der Waals surface area contributed by atoms with Crippen LogP contribution in [0.2, 0.25) is 0 Å². The van der Waals surface area contributed by atoms with Gasteiger partial charge >= 0.3 is 6.03 Å². The number of carbonyl (C=O) groups is 1. The van der Waals surface area contributed by atoms with Gasteiger partial charge in [0, 0.05) is 13.6 Å². The fourth-order valence-electron chi connectivity index (χ4n) is 2.90. The molecule has 3 rings (SSSR count). The van der Waals surface area contributed by atoms with Crippen molar-refractivity contribution in [2.24, 2.45) is 7.05 Å². The van der Waals surface area contributed by atoms with Gasteiger partial charge in [-0.15, -0.1) is 0 Å². The number of fused-ring (bicyclic) bond motifs is 1. The van der Waals surface area contributed by atoms with Crippen LogP contribution in [0, 0.1) is 6.92 Å². The molecule has 2 aromatic rings. The second-order valence-corrected chi connectivity index (χ2v) is 6.41. The molecule has 0 bridgehead atoms. The Hall–Kier alpha value is -2.08. The Bertz CT molecular complexity index is 720. The number of imidazole rings is 1. The molecule has 1 fully saturated rings. The Labute approximate surface area is 129 Å². The van der Waals surface area contributed by atoms with Gasteiger partial charge in [0.25, 0.3) is 0 Å². The van der Waals surface area contributed by atoms with E-state index in [9.17, 15) is 9.90 Å². The molecule has 0 saturated carbocycles. The van der Waals surface area contributed by atoms with Crippen molar-refractivity contribution in [2.45, 2.75) is 32.4 Å². The zero-order valence-electron chi connectivity index (χ0n) is 13.3. The first-order valence-electron chi connectivity index (χ1n) is 7.53. The summed E-state index contributed by atoms with van der Waals surface area (Å²) in [4.78, 5) is 18.4. The minimum atomic E-state index is -0.771. The lowest BCUT2D eigenvalue weighted by Gasteiger charge is -2.19. The van der Waals surface area contributed by atoms with Crippen LogP contribution in [-0.2, 0) is 13.6 Å². The summed E-state index contributed by atoms with van der Waals surface area (Å²) in [6.07, 6.45) is 0.617. The number of nitrogens with one attached hydrogen (secondary N) is 1. The van der Waals surface area contributed by atoms with Crippen LogP contribution in [0.25, 0.3) is 11.0 Å². The monoisotopic (exact) mass is 302 g/mol. The largest absolute Gasteiger partial charge is 0.388 e. The normalized spacial score (nSPS) is 21.5. The zero-order valence-corrected chi connectivity index (χ0v) is 13.3. The van der Waals surface area contributed by atoms with Gasteiger partial charge in [-0.2, -0.15) is 0 Å². The lowest BCUT2D eigenvalue weighted by atomic mass is 10.1. The predicted octanol–water partition coefficient (Wildman–Crippen LogP) is 1.55. The summed E-state index contributed by atoms with van der Waals surface area (Å²) in [7, 11) is 1.95. The van der Waals surface area contributed by atoms with E-state index in [2.05, 4.69) is 16.4 Å². The highest BCUT2D eigenvalue weighted by atomic mass is 16.3. The maximum Gasteiger partial charge on any atom is 0.317 e. The molecule has 118 valence electrons. The van der Waals surface area contributed by atoms with Gasteiger partial charge in [-0.25, -0.2) is 9.78 Å². The number of carbonyl (C=O) groups excluding carboxylic acids is 1. The molecular formula is C16H22N4O2. The molecule has 1 atom stereocenters. The Morgan fingerprint density at radius 2 is 2.27 bits per heavy atom. The number of hydrogen-bond acceptors (Lipinski definition) is 3. The number of likely N-dealkylation sites (tertiary alicyclic amines) is 1. The third kappa shape index (κ3) is 2.78. The average Bonchev–Trinajstić information content (AvgIpc) is 2.96. The SMILES string of the molecule is Cc1ccc2c(c1)nc(CNC(=O)N1CC[C@](C)(O)C1)n2C. The molecule has 1 saturated heterocycles. The van der Waals surface area contributed by atoms with Gasteiger partial charge in [0.15, 0.2) is 0 Å². The van der Waals surface area contributed by atoms with Crippen LogP contribution in [0.5, 0.6) is 0 Å². The number of hydrogen-bond donors (Lipinski definition) is 2. The molecule has 1 aromatic heterocycles. The molecule has 6 nitrogen and oxygen atoms in total. The molecule has 0 spiro atoms. The van der Waals surface area contributed by atoms with Crippen molar-refractivity contribution in [3.05, 3.63) is 29.6 Å². The summed E-state index contributed by atoms with van der Waals surface area (Å²) in [6, 6.07) is 5.98. The van der Waals surface area contributed by atoms with Crippen molar-refractivity contribution in [1.82, 2.24) is 19.8 Å². The molecule has 1 aliphatic heterocycles. The van der Waals surface area contributed by atoms with E-state index in [1.165, 1.54) is 5.56 Å². The van der Waals surface area contributed by atoms with Crippen LogP contribution in [0.3, 0.4) is 0 Å². The van der Waals surface area contributed by atoms with Crippen LogP contribution in [0.1, 0.15) is 24.7 Å². The summed E-state index contributed by atoms with van der Waals surface area (Å²) in [5, 5.41) is 12.8.